The van der Waals surface area contributed by atoms with Gasteiger partial charge in [0, 0.05) is 30.4 Å². The Hall–Kier alpha value is -0.450. The first-order valence-electron chi connectivity index (χ1n) is 6.63. The molecule has 0 aromatic carbocycles. The molecule has 1 saturated heterocycles. The standard InChI is InChI=1S/C13H21N3S/c1-9-12(11-8-16(2)7-6-14-11)17-13(15-9)10-4-3-5-10/h10-11,14H,3-8H2,1-2H3. The van der Waals surface area contributed by atoms with Crippen molar-refractivity contribution >= 4 is 11.3 Å². The number of aromatic nitrogens is 1. The largest absolute Gasteiger partial charge is 0.307 e. The normalized spacial score (nSPS) is 27.1. The molecule has 94 valence electrons. The maximum atomic E-state index is 4.79. The minimum Gasteiger partial charge on any atom is -0.307 e. The van der Waals surface area contributed by atoms with Crippen LogP contribution in [0.15, 0.2) is 0 Å². The Labute approximate surface area is 107 Å². The summed E-state index contributed by atoms with van der Waals surface area (Å²) in [6.07, 6.45) is 4.10. The Morgan fingerprint density at radius 3 is 2.88 bits per heavy atom. The third-order valence-electron chi connectivity index (χ3n) is 4.00. The van der Waals surface area contributed by atoms with Gasteiger partial charge in [0.2, 0.25) is 0 Å². The van der Waals surface area contributed by atoms with Crippen molar-refractivity contribution in [3.8, 4) is 0 Å². The van der Waals surface area contributed by atoms with Gasteiger partial charge in [-0.2, -0.15) is 0 Å². The topological polar surface area (TPSA) is 28.2 Å². The predicted molar refractivity (Wildman–Crippen MR) is 71.7 cm³/mol. The highest BCUT2D eigenvalue weighted by Gasteiger charge is 2.27. The van der Waals surface area contributed by atoms with Crippen LogP contribution in [0, 0.1) is 6.92 Å². The van der Waals surface area contributed by atoms with E-state index in [1.165, 1.54) is 34.8 Å². The highest BCUT2D eigenvalue weighted by molar-refractivity contribution is 7.12. The zero-order chi connectivity index (χ0) is 11.8. The molecule has 0 amide bonds. The highest BCUT2D eigenvalue weighted by atomic mass is 32.1. The Kier molecular flexibility index (Phi) is 3.19. The molecule has 17 heavy (non-hydrogen) atoms. The predicted octanol–water partition coefficient (Wildman–Crippen LogP) is 2.30. The summed E-state index contributed by atoms with van der Waals surface area (Å²) in [6, 6.07) is 0.500. The number of nitrogens with zero attached hydrogens (tertiary/aromatic N) is 2. The van der Waals surface area contributed by atoms with Crippen LogP contribution in [0.25, 0.3) is 0 Å². The van der Waals surface area contributed by atoms with Crippen LogP contribution < -0.4 is 5.32 Å². The van der Waals surface area contributed by atoms with Crippen molar-refractivity contribution in [1.29, 1.82) is 0 Å². The van der Waals surface area contributed by atoms with Gasteiger partial charge in [0.1, 0.15) is 0 Å². The summed E-state index contributed by atoms with van der Waals surface area (Å²) in [6.45, 7) is 5.54. The molecule has 1 aliphatic heterocycles. The van der Waals surface area contributed by atoms with E-state index in [0.717, 1.165) is 25.6 Å². The lowest BCUT2D eigenvalue weighted by atomic mass is 9.86. The first kappa shape index (κ1) is 11.6. The summed E-state index contributed by atoms with van der Waals surface area (Å²) >= 11 is 1.95. The quantitative estimate of drug-likeness (QED) is 0.874. The van der Waals surface area contributed by atoms with Gasteiger partial charge in [-0.3, -0.25) is 0 Å². The van der Waals surface area contributed by atoms with E-state index in [1.54, 1.807) is 0 Å². The van der Waals surface area contributed by atoms with Crippen molar-refractivity contribution in [3.05, 3.63) is 15.6 Å². The molecule has 2 heterocycles. The van der Waals surface area contributed by atoms with Gasteiger partial charge in [-0.1, -0.05) is 6.42 Å². The minimum absolute atomic E-state index is 0.500. The number of hydrogen-bond acceptors (Lipinski definition) is 4. The van der Waals surface area contributed by atoms with Gasteiger partial charge >= 0.3 is 0 Å². The van der Waals surface area contributed by atoms with Crippen molar-refractivity contribution in [2.24, 2.45) is 0 Å². The lowest BCUT2D eigenvalue weighted by Gasteiger charge is -2.30. The molecule has 2 aliphatic rings. The van der Waals surface area contributed by atoms with Gasteiger partial charge in [0.25, 0.3) is 0 Å². The molecule has 1 aliphatic carbocycles. The Morgan fingerprint density at radius 1 is 1.41 bits per heavy atom. The zero-order valence-corrected chi connectivity index (χ0v) is 11.5. The molecule has 2 fully saturated rings. The lowest BCUT2D eigenvalue weighted by molar-refractivity contribution is 0.242. The van der Waals surface area contributed by atoms with E-state index in [1.807, 2.05) is 11.3 Å². The van der Waals surface area contributed by atoms with Crippen LogP contribution in [0.3, 0.4) is 0 Å². The van der Waals surface area contributed by atoms with Gasteiger partial charge in [-0.05, 0) is 26.8 Å². The summed E-state index contributed by atoms with van der Waals surface area (Å²) in [5.41, 5.74) is 1.25. The summed E-state index contributed by atoms with van der Waals surface area (Å²) in [5, 5.41) is 5.01. The number of nitrogens with one attached hydrogen (secondary N) is 1. The third-order valence-corrected chi connectivity index (χ3v) is 5.43. The van der Waals surface area contributed by atoms with E-state index < -0.39 is 0 Å². The average Bonchev–Trinajstić information content (AvgIpc) is 2.57. The maximum Gasteiger partial charge on any atom is 0.0962 e. The maximum absolute atomic E-state index is 4.79. The molecular weight excluding hydrogens is 230 g/mol. The van der Waals surface area contributed by atoms with Crippen molar-refractivity contribution in [3.63, 3.8) is 0 Å². The first-order valence-corrected chi connectivity index (χ1v) is 7.45. The van der Waals surface area contributed by atoms with E-state index in [4.69, 9.17) is 4.98 Å². The fourth-order valence-corrected chi connectivity index (χ4v) is 3.96. The molecule has 1 aromatic heterocycles. The van der Waals surface area contributed by atoms with Crippen molar-refractivity contribution < 1.29 is 0 Å². The summed E-state index contributed by atoms with van der Waals surface area (Å²) in [7, 11) is 2.21. The second-order valence-corrected chi connectivity index (χ2v) is 6.46. The zero-order valence-electron chi connectivity index (χ0n) is 10.7. The number of rotatable bonds is 2. The van der Waals surface area contributed by atoms with E-state index in [2.05, 4.69) is 24.2 Å². The van der Waals surface area contributed by atoms with Gasteiger partial charge < -0.3 is 10.2 Å². The molecule has 0 radical (unpaired) electrons. The van der Waals surface area contributed by atoms with Crippen LogP contribution in [-0.4, -0.2) is 36.6 Å². The monoisotopic (exact) mass is 251 g/mol. The third kappa shape index (κ3) is 2.26. The van der Waals surface area contributed by atoms with Crippen LogP contribution in [0.4, 0.5) is 0 Å². The molecule has 4 heteroatoms. The van der Waals surface area contributed by atoms with Crippen LogP contribution in [0.5, 0.6) is 0 Å². The van der Waals surface area contributed by atoms with Gasteiger partial charge in [-0.15, -0.1) is 11.3 Å². The molecule has 1 saturated carbocycles. The van der Waals surface area contributed by atoms with Crippen LogP contribution >= 0.6 is 11.3 Å². The van der Waals surface area contributed by atoms with Gasteiger partial charge in [0.05, 0.1) is 16.7 Å². The van der Waals surface area contributed by atoms with Crippen molar-refractivity contribution in [1.82, 2.24) is 15.2 Å². The average molecular weight is 251 g/mol. The molecule has 1 aromatic rings. The fourth-order valence-electron chi connectivity index (χ4n) is 2.66. The lowest BCUT2D eigenvalue weighted by Crippen LogP contribution is -2.43. The highest BCUT2D eigenvalue weighted by Crippen LogP contribution is 2.40. The van der Waals surface area contributed by atoms with E-state index in [-0.39, 0.29) is 0 Å². The fraction of sp³-hybridized carbons (Fsp3) is 0.769. The molecular formula is C13H21N3S. The number of hydrogen-bond donors (Lipinski definition) is 1. The number of likely N-dealkylation sites (N-methyl/N-ethyl adjacent to an activating group) is 1. The molecule has 1 atom stereocenters. The molecule has 3 nitrogen and oxygen atoms in total. The van der Waals surface area contributed by atoms with E-state index >= 15 is 0 Å². The van der Waals surface area contributed by atoms with E-state index in [9.17, 15) is 0 Å². The Morgan fingerprint density at radius 2 is 2.24 bits per heavy atom. The van der Waals surface area contributed by atoms with Crippen LogP contribution in [0.2, 0.25) is 0 Å². The van der Waals surface area contributed by atoms with Gasteiger partial charge in [-0.25, -0.2) is 4.98 Å². The van der Waals surface area contributed by atoms with Crippen LogP contribution in [-0.2, 0) is 0 Å². The Balaban J connectivity index is 1.79. The molecule has 1 unspecified atom stereocenters. The number of aryl methyl sites for hydroxylation is 1. The second-order valence-electron chi connectivity index (χ2n) is 5.40. The summed E-state index contributed by atoms with van der Waals surface area (Å²) in [4.78, 5) is 8.67. The molecule has 0 spiro atoms. The summed E-state index contributed by atoms with van der Waals surface area (Å²) in [5.74, 6) is 0.772. The minimum atomic E-state index is 0.500. The molecule has 0 bridgehead atoms. The van der Waals surface area contributed by atoms with Crippen LogP contribution in [0.1, 0.15) is 46.8 Å². The van der Waals surface area contributed by atoms with Gasteiger partial charge in [0.15, 0.2) is 0 Å². The van der Waals surface area contributed by atoms with Crippen molar-refractivity contribution in [2.45, 2.75) is 38.1 Å². The van der Waals surface area contributed by atoms with E-state index in [0.29, 0.717) is 6.04 Å². The number of piperazine rings is 1. The number of thiazole rings is 1. The summed E-state index contributed by atoms with van der Waals surface area (Å²) < 4.78 is 0. The van der Waals surface area contributed by atoms with Crippen molar-refractivity contribution in [2.75, 3.05) is 26.7 Å². The Bertz CT molecular complexity index is 397. The first-order chi connectivity index (χ1) is 8.24. The second kappa shape index (κ2) is 4.67. The molecule has 1 N–H and O–H groups in total. The SMILES string of the molecule is Cc1nc(C2CCC2)sc1C1CN(C)CCN1. The molecule has 3 rings (SSSR count). The smallest absolute Gasteiger partial charge is 0.0962 e.